The van der Waals surface area contributed by atoms with Crippen LogP contribution >= 0.6 is 11.6 Å². The SMILES string of the molecule is CCn1cc(NC(=O)CCc2noc(-c3ccc(O)cc3)c2Cl)c(C(=O)O)c1. The van der Waals surface area contributed by atoms with E-state index in [1.54, 1.807) is 22.9 Å². The molecule has 0 radical (unpaired) electrons. The summed E-state index contributed by atoms with van der Waals surface area (Å²) in [4.78, 5) is 23.5. The van der Waals surface area contributed by atoms with Crippen LogP contribution in [0.5, 0.6) is 5.75 Å². The zero-order chi connectivity index (χ0) is 20.3. The van der Waals surface area contributed by atoms with E-state index in [1.165, 1.54) is 18.3 Å². The molecule has 0 unspecified atom stereocenters. The number of nitrogens with one attached hydrogen (secondary N) is 1. The fourth-order valence-corrected chi connectivity index (χ4v) is 2.94. The maximum absolute atomic E-state index is 12.2. The summed E-state index contributed by atoms with van der Waals surface area (Å²) in [5, 5.41) is 25.4. The highest BCUT2D eigenvalue weighted by atomic mass is 35.5. The van der Waals surface area contributed by atoms with Crippen molar-refractivity contribution in [3.8, 4) is 17.1 Å². The lowest BCUT2D eigenvalue weighted by atomic mass is 10.1. The van der Waals surface area contributed by atoms with Crippen molar-refractivity contribution in [1.82, 2.24) is 9.72 Å². The van der Waals surface area contributed by atoms with E-state index in [0.717, 1.165) is 0 Å². The van der Waals surface area contributed by atoms with Gasteiger partial charge in [-0.15, -0.1) is 0 Å². The third-order valence-corrected chi connectivity index (χ3v) is 4.56. The first-order valence-corrected chi connectivity index (χ1v) is 8.93. The van der Waals surface area contributed by atoms with Gasteiger partial charge in [0.25, 0.3) is 0 Å². The number of aryl methyl sites for hydroxylation is 2. The molecule has 8 nitrogen and oxygen atoms in total. The molecule has 9 heteroatoms. The van der Waals surface area contributed by atoms with E-state index in [9.17, 15) is 19.8 Å². The standard InChI is InChI=1S/C19H18ClN3O5/c1-2-23-9-13(19(26)27)15(10-23)21-16(25)8-7-14-17(20)18(28-22-14)11-3-5-12(24)6-4-11/h3-6,9-10,24H,2,7-8H2,1H3,(H,21,25)(H,26,27). The monoisotopic (exact) mass is 403 g/mol. The van der Waals surface area contributed by atoms with Gasteiger partial charge in [0.1, 0.15) is 22.0 Å². The highest BCUT2D eigenvalue weighted by Crippen LogP contribution is 2.32. The van der Waals surface area contributed by atoms with E-state index in [-0.39, 0.29) is 35.7 Å². The predicted octanol–water partition coefficient (Wildman–Crippen LogP) is 3.79. The van der Waals surface area contributed by atoms with Crippen LogP contribution in [0.25, 0.3) is 11.3 Å². The molecule has 0 atom stereocenters. The minimum Gasteiger partial charge on any atom is -0.508 e. The van der Waals surface area contributed by atoms with Gasteiger partial charge >= 0.3 is 5.97 Å². The summed E-state index contributed by atoms with van der Waals surface area (Å²) in [7, 11) is 0. The first kappa shape index (κ1) is 19.5. The molecule has 0 aliphatic carbocycles. The average Bonchev–Trinajstić information content (AvgIpc) is 3.24. The van der Waals surface area contributed by atoms with Gasteiger partial charge in [-0.25, -0.2) is 4.79 Å². The Morgan fingerprint density at radius 2 is 1.96 bits per heavy atom. The van der Waals surface area contributed by atoms with Gasteiger partial charge in [-0.2, -0.15) is 0 Å². The Morgan fingerprint density at radius 1 is 1.25 bits per heavy atom. The van der Waals surface area contributed by atoms with Crippen LogP contribution in [0.4, 0.5) is 5.69 Å². The van der Waals surface area contributed by atoms with E-state index in [0.29, 0.717) is 28.6 Å². The number of carboxylic acids is 1. The number of nitrogens with zero attached hydrogens (tertiary/aromatic N) is 2. The number of anilines is 1. The molecular weight excluding hydrogens is 386 g/mol. The predicted molar refractivity (Wildman–Crippen MR) is 103 cm³/mol. The van der Waals surface area contributed by atoms with Crippen LogP contribution in [-0.4, -0.2) is 31.8 Å². The summed E-state index contributed by atoms with van der Waals surface area (Å²) >= 11 is 6.30. The Hall–Kier alpha value is -3.26. The molecule has 3 aromatic rings. The van der Waals surface area contributed by atoms with Gasteiger partial charge in [-0.3, -0.25) is 4.79 Å². The molecular formula is C19H18ClN3O5. The first-order valence-electron chi connectivity index (χ1n) is 8.55. The van der Waals surface area contributed by atoms with Gasteiger partial charge in [0, 0.05) is 37.3 Å². The summed E-state index contributed by atoms with van der Waals surface area (Å²) in [5.41, 5.74) is 1.35. The van der Waals surface area contributed by atoms with Crippen molar-refractivity contribution >= 4 is 29.2 Å². The van der Waals surface area contributed by atoms with E-state index in [4.69, 9.17) is 16.1 Å². The van der Waals surface area contributed by atoms with E-state index in [1.807, 2.05) is 6.92 Å². The molecule has 0 aliphatic heterocycles. The number of amides is 1. The van der Waals surface area contributed by atoms with Gasteiger partial charge in [0.15, 0.2) is 5.76 Å². The zero-order valence-corrected chi connectivity index (χ0v) is 15.7. The Morgan fingerprint density at radius 3 is 2.61 bits per heavy atom. The summed E-state index contributed by atoms with van der Waals surface area (Å²) in [6, 6.07) is 6.29. The molecule has 0 spiro atoms. The zero-order valence-electron chi connectivity index (χ0n) is 15.0. The average molecular weight is 404 g/mol. The number of hydrogen-bond acceptors (Lipinski definition) is 5. The molecule has 0 saturated heterocycles. The number of phenols is 1. The third-order valence-electron chi connectivity index (χ3n) is 4.17. The number of aromatic carboxylic acids is 1. The maximum atomic E-state index is 12.2. The molecule has 1 amide bonds. The fraction of sp³-hybridized carbons (Fsp3) is 0.211. The van der Waals surface area contributed by atoms with Crippen LogP contribution in [0.15, 0.2) is 41.2 Å². The first-order chi connectivity index (χ1) is 13.4. The van der Waals surface area contributed by atoms with E-state index in [2.05, 4.69) is 10.5 Å². The number of carboxylic acid groups (broad SMARTS) is 1. The molecule has 0 bridgehead atoms. The molecule has 28 heavy (non-hydrogen) atoms. The number of carbonyl (C=O) groups is 2. The van der Waals surface area contributed by atoms with Crippen molar-refractivity contribution in [2.45, 2.75) is 26.3 Å². The lowest BCUT2D eigenvalue weighted by Gasteiger charge is -2.03. The molecule has 1 aromatic carbocycles. The molecule has 0 aliphatic rings. The number of phenolic OH excluding ortho intramolecular Hbond substituents is 1. The second-order valence-corrected chi connectivity index (χ2v) is 6.47. The third kappa shape index (κ3) is 4.17. The Balaban J connectivity index is 1.66. The number of aromatic hydroxyl groups is 1. The van der Waals surface area contributed by atoms with Crippen LogP contribution < -0.4 is 5.32 Å². The molecule has 3 N–H and O–H groups in total. The minimum atomic E-state index is -1.11. The van der Waals surface area contributed by atoms with Gasteiger partial charge in [0.2, 0.25) is 5.91 Å². The molecule has 0 saturated carbocycles. The van der Waals surface area contributed by atoms with Crippen molar-refractivity contribution in [2.24, 2.45) is 0 Å². The molecule has 0 fully saturated rings. The topological polar surface area (TPSA) is 118 Å². The van der Waals surface area contributed by atoms with Crippen molar-refractivity contribution in [3.63, 3.8) is 0 Å². The van der Waals surface area contributed by atoms with Crippen molar-refractivity contribution in [1.29, 1.82) is 0 Å². The fourth-order valence-electron chi connectivity index (χ4n) is 2.66. The lowest BCUT2D eigenvalue weighted by Crippen LogP contribution is -2.14. The van der Waals surface area contributed by atoms with Crippen LogP contribution in [0.1, 0.15) is 29.4 Å². The van der Waals surface area contributed by atoms with E-state index < -0.39 is 5.97 Å². The molecule has 3 rings (SSSR count). The quantitative estimate of drug-likeness (QED) is 0.552. The van der Waals surface area contributed by atoms with Gasteiger partial charge < -0.3 is 24.6 Å². The molecule has 2 aromatic heterocycles. The summed E-state index contributed by atoms with van der Waals surface area (Å²) in [5.74, 6) is -0.999. The van der Waals surface area contributed by atoms with Crippen LogP contribution in [-0.2, 0) is 17.8 Å². The number of halogens is 1. The normalized spacial score (nSPS) is 10.8. The maximum Gasteiger partial charge on any atom is 0.339 e. The molecule has 146 valence electrons. The van der Waals surface area contributed by atoms with Gasteiger partial charge in [-0.05, 0) is 31.2 Å². The Bertz CT molecular complexity index is 1010. The van der Waals surface area contributed by atoms with Gasteiger partial charge in [-0.1, -0.05) is 16.8 Å². The highest BCUT2D eigenvalue weighted by Gasteiger charge is 2.19. The summed E-state index contributed by atoms with van der Waals surface area (Å²) in [6.45, 7) is 2.46. The van der Waals surface area contributed by atoms with Crippen LogP contribution in [0.3, 0.4) is 0 Å². The minimum absolute atomic E-state index is 0.0317. The largest absolute Gasteiger partial charge is 0.508 e. The number of rotatable bonds is 7. The van der Waals surface area contributed by atoms with Gasteiger partial charge in [0.05, 0.1) is 5.69 Å². The van der Waals surface area contributed by atoms with Crippen molar-refractivity contribution in [3.05, 3.63) is 52.9 Å². The number of carbonyl (C=O) groups excluding carboxylic acids is 1. The second kappa shape index (κ2) is 8.18. The smallest absolute Gasteiger partial charge is 0.339 e. The Labute approximate surface area is 165 Å². The summed E-state index contributed by atoms with van der Waals surface area (Å²) in [6.07, 6.45) is 3.32. The van der Waals surface area contributed by atoms with Crippen molar-refractivity contribution < 1.29 is 24.3 Å². The van der Waals surface area contributed by atoms with Crippen LogP contribution in [0.2, 0.25) is 5.02 Å². The highest BCUT2D eigenvalue weighted by molar-refractivity contribution is 6.33. The van der Waals surface area contributed by atoms with Crippen LogP contribution in [0, 0.1) is 0 Å². The number of benzene rings is 1. The lowest BCUT2D eigenvalue weighted by molar-refractivity contribution is -0.116. The van der Waals surface area contributed by atoms with Crippen molar-refractivity contribution in [2.75, 3.05) is 5.32 Å². The second-order valence-electron chi connectivity index (χ2n) is 6.09. The van der Waals surface area contributed by atoms with E-state index >= 15 is 0 Å². The Kier molecular flexibility index (Phi) is 5.70. The number of hydrogen-bond donors (Lipinski definition) is 3. The number of aromatic nitrogens is 2. The summed E-state index contributed by atoms with van der Waals surface area (Å²) < 4.78 is 6.94. The molecule has 2 heterocycles.